The predicted molar refractivity (Wildman–Crippen MR) is 106 cm³/mol. The average molecular weight is 386 g/mol. The van der Waals surface area contributed by atoms with Crippen molar-refractivity contribution in [2.75, 3.05) is 13.7 Å². The zero-order chi connectivity index (χ0) is 20.5. The summed E-state index contributed by atoms with van der Waals surface area (Å²) in [6.45, 7) is 6.41. The first-order valence-electron chi connectivity index (χ1n) is 10.1. The molecule has 0 bridgehead atoms. The van der Waals surface area contributed by atoms with Crippen LogP contribution in [-0.2, 0) is 14.3 Å². The maximum absolute atomic E-state index is 13.4. The van der Waals surface area contributed by atoms with Crippen molar-refractivity contribution in [1.29, 1.82) is 0 Å². The minimum Gasteiger partial charge on any atom is -0.467 e. The van der Waals surface area contributed by atoms with Crippen molar-refractivity contribution < 1.29 is 19.1 Å². The van der Waals surface area contributed by atoms with Gasteiger partial charge in [0.1, 0.15) is 6.04 Å². The molecule has 1 aromatic carbocycles. The first kappa shape index (κ1) is 20.4. The van der Waals surface area contributed by atoms with Gasteiger partial charge < -0.3 is 15.0 Å². The second-order valence-electron chi connectivity index (χ2n) is 8.39. The number of nitrogens with one attached hydrogen (secondary N) is 1. The number of methoxy groups -OCH3 is 1. The second kappa shape index (κ2) is 7.94. The van der Waals surface area contributed by atoms with Crippen molar-refractivity contribution >= 4 is 17.8 Å². The smallest absolute Gasteiger partial charge is 0.328 e. The molecule has 0 saturated heterocycles. The van der Waals surface area contributed by atoms with E-state index in [4.69, 9.17) is 4.74 Å². The number of carbonyl (C=O) groups is 3. The predicted octanol–water partition coefficient (Wildman–Crippen LogP) is 2.87. The number of benzene rings is 1. The van der Waals surface area contributed by atoms with E-state index in [0.717, 1.165) is 31.2 Å². The van der Waals surface area contributed by atoms with Crippen molar-refractivity contribution in [2.24, 2.45) is 5.92 Å². The number of hydrogen-bond acceptors (Lipinski definition) is 4. The molecule has 1 fully saturated rings. The van der Waals surface area contributed by atoms with Gasteiger partial charge in [0.25, 0.3) is 5.91 Å². The molecule has 0 radical (unpaired) electrons. The number of hydrogen-bond donors (Lipinski definition) is 1. The van der Waals surface area contributed by atoms with Gasteiger partial charge >= 0.3 is 5.97 Å². The second-order valence-corrected chi connectivity index (χ2v) is 8.39. The van der Waals surface area contributed by atoms with Crippen LogP contribution in [0.1, 0.15) is 68.3 Å². The van der Waals surface area contributed by atoms with Crippen LogP contribution in [0.4, 0.5) is 0 Å². The average Bonchev–Trinajstić information content (AvgIpc) is 3.14. The summed E-state index contributed by atoms with van der Waals surface area (Å²) < 4.78 is 4.76. The first-order chi connectivity index (χ1) is 13.3. The fourth-order valence-corrected chi connectivity index (χ4v) is 4.83. The summed E-state index contributed by atoms with van der Waals surface area (Å²) >= 11 is 0. The van der Waals surface area contributed by atoms with Gasteiger partial charge in [0.15, 0.2) is 0 Å². The SMILES string of the molecule is COC(=O)[C@@H](C)NC(=O)[C@H]1c2ccccc2C(=O)N(CC(C)C)C12CCCC2. The molecule has 6 heteroatoms. The molecule has 2 aliphatic rings. The number of esters is 1. The molecular formula is C22H30N2O4. The molecule has 2 atom stereocenters. The van der Waals surface area contributed by atoms with Crippen LogP contribution in [0.15, 0.2) is 24.3 Å². The minimum atomic E-state index is -0.737. The fourth-order valence-electron chi connectivity index (χ4n) is 4.83. The molecule has 1 saturated carbocycles. The molecule has 3 rings (SSSR count). The Morgan fingerprint density at radius 2 is 1.86 bits per heavy atom. The van der Waals surface area contributed by atoms with E-state index < -0.39 is 23.5 Å². The maximum Gasteiger partial charge on any atom is 0.328 e. The van der Waals surface area contributed by atoms with E-state index in [1.165, 1.54) is 7.11 Å². The third-order valence-electron chi connectivity index (χ3n) is 6.02. The lowest BCUT2D eigenvalue weighted by Crippen LogP contribution is -2.62. The van der Waals surface area contributed by atoms with E-state index in [1.807, 2.05) is 23.1 Å². The normalized spacial score (nSPS) is 21.5. The zero-order valence-electron chi connectivity index (χ0n) is 17.2. The summed E-state index contributed by atoms with van der Waals surface area (Å²) in [5.41, 5.74) is 0.825. The van der Waals surface area contributed by atoms with E-state index in [2.05, 4.69) is 19.2 Å². The molecule has 152 valence electrons. The lowest BCUT2D eigenvalue weighted by molar-refractivity contribution is -0.145. The summed E-state index contributed by atoms with van der Waals surface area (Å²) in [7, 11) is 1.31. The largest absolute Gasteiger partial charge is 0.467 e. The van der Waals surface area contributed by atoms with Gasteiger partial charge in [0.2, 0.25) is 5.91 Å². The summed E-state index contributed by atoms with van der Waals surface area (Å²) in [5, 5.41) is 2.83. The highest BCUT2D eigenvalue weighted by Crippen LogP contribution is 2.50. The standard InChI is InChI=1S/C22H30N2O4/c1-14(2)13-24-20(26)17-10-6-5-9-16(17)18(22(24)11-7-8-12-22)19(25)23-15(3)21(27)28-4/h5-6,9-10,14-15,18H,7-8,11-13H2,1-4H3,(H,23,25)/t15-,18-/m1/s1. The number of rotatable bonds is 5. The van der Waals surface area contributed by atoms with Gasteiger partial charge in [-0.3, -0.25) is 9.59 Å². The summed E-state index contributed by atoms with van der Waals surface area (Å²) in [4.78, 5) is 40.6. The third kappa shape index (κ3) is 3.40. The van der Waals surface area contributed by atoms with Crippen molar-refractivity contribution in [2.45, 2.75) is 64.0 Å². The monoisotopic (exact) mass is 386 g/mol. The number of fused-ring (bicyclic) bond motifs is 1. The lowest BCUT2D eigenvalue weighted by atomic mass is 9.70. The van der Waals surface area contributed by atoms with Crippen molar-refractivity contribution in [3.05, 3.63) is 35.4 Å². The summed E-state index contributed by atoms with van der Waals surface area (Å²) in [6, 6.07) is 6.66. The van der Waals surface area contributed by atoms with Gasteiger partial charge in [-0.1, -0.05) is 44.9 Å². The van der Waals surface area contributed by atoms with Crippen LogP contribution < -0.4 is 5.32 Å². The molecule has 6 nitrogen and oxygen atoms in total. The van der Waals surface area contributed by atoms with Gasteiger partial charge in [-0.2, -0.15) is 0 Å². The fraction of sp³-hybridized carbons (Fsp3) is 0.591. The Bertz CT molecular complexity index is 768. The zero-order valence-corrected chi connectivity index (χ0v) is 17.2. The third-order valence-corrected chi connectivity index (χ3v) is 6.02. The molecule has 1 aliphatic heterocycles. The quantitative estimate of drug-likeness (QED) is 0.790. The Kier molecular flexibility index (Phi) is 5.77. The summed E-state index contributed by atoms with van der Waals surface area (Å²) in [5.74, 6) is -0.878. The van der Waals surface area contributed by atoms with Crippen LogP contribution >= 0.6 is 0 Å². The molecule has 0 aromatic heterocycles. The van der Waals surface area contributed by atoms with Gasteiger partial charge in [-0.05, 0) is 37.3 Å². The molecule has 2 amide bonds. The van der Waals surface area contributed by atoms with Crippen LogP contribution in [-0.4, -0.2) is 47.9 Å². The minimum absolute atomic E-state index is 0.0104. The van der Waals surface area contributed by atoms with Crippen LogP contribution in [0.5, 0.6) is 0 Å². The van der Waals surface area contributed by atoms with E-state index in [1.54, 1.807) is 13.0 Å². The highest BCUT2D eigenvalue weighted by molar-refractivity contribution is 6.02. The van der Waals surface area contributed by atoms with E-state index in [-0.39, 0.29) is 11.8 Å². The first-order valence-corrected chi connectivity index (χ1v) is 10.1. The van der Waals surface area contributed by atoms with Gasteiger partial charge in [-0.15, -0.1) is 0 Å². The van der Waals surface area contributed by atoms with Crippen LogP contribution in [0.2, 0.25) is 0 Å². The van der Waals surface area contributed by atoms with Crippen LogP contribution in [0, 0.1) is 5.92 Å². The number of carbonyl (C=O) groups excluding carboxylic acids is 3. The molecular weight excluding hydrogens is 356 g/mol. The van der Waals surface area contributed by atoms with Gasteiger partial charge in [0, 0.05) is 12.1 Å². The molecule has 0 unspecified atom stereocenters. The Labute approximate surface area is 166 Å². The van der Waals surface area contributed by atoms with Crippen molar-refractivity contribution in [3.63, 3.8) is 0 Å². The van der Waals surface area contributed by atoms with Crippen molar-refractivity contribution in [1.82, 2.24) is 10.2 Å². The molecule has 1 N–H and O–H groups in total. The Morgan fingerprint density at radius 1 is 1.21 bits per heavy atom. The number of ether oxygens (including phenoxy) is 1. The van der Waals surface area contributed by atoms with Gasteiger partial charge in [0.05, 0.1) is 18.6 Å². The number of amides is 2. The van der Waals surface area contributed by atoms with Crippen LogP contribution in [0.3, 0.4) is 0 Å². The van der Waals surface area contributed by atoms with Crippen LogP contribution in [0.25, 0.3) is 0 Å². The molecule has 1 spiro atoms. The Balaban J connectivity index is 2.08. The molecule has 1 aromatic rings. The highest BCUT2D eigenvalue weighted by atomic mass is 16.5. The Morgan fingerprint density at radius 3 is 2.46 bits per heavy atom. The number of nitrogens with zero attached hydrogens (tertiary/aromatic N) is 1. The maximum atomic E-state index is 13.4. The molecule has 28 heavy (non-hydrogen) atoms. The highest BCUT2D eigenvalue weighted by Gasteiger charge is 2.55. The molecule has 1 aliphatic carbocycles. The summed E-state index contributed by atoms with van der Waals surface area (Å²) in [6.07, 6.45) is 3.57. The van der Waals surface area contributed by atoms with E-state index in [9.17, 15) is 14.4 Å². The molecule has 1 heterocycles. The topological polar surface area (TPSA) is 75.7 Å². The van der Waals surface area contributed by atoms with Gasteiger partial charge in [-0.25, -0.2) is 4.79 Å². The van der Waals surface area contributed by atoms with Crippen molar-refractivity contribution in [3.8, 4) is 0 Å². The van der Waals surface area contributed by atoms with E-state index >= 15 is 0 Å². The lowest BCUT2D eigenvalue weighted by Gasteiger charge is -2.50. The Hall–Kier alpha value is -2.37. The van der Waals surface area contributed by atoms with E-state index in [0.29, 0.717) is 18.0 Å².